The topological polar surface area (TPSA) is 61.4 Å². The van der Waals surface area contributed by atoms with Gasteiger partial charge in [-0.3, -0.25) is 14.5 Å². The lowest BCUT2D eigenvalue weighted by molar-refractivity contribution is -0.123. The van der Waals surface area contributed by atoms with E-state index in [1.165, 1.54) is 0 Å². The van der Waals surface area contributed by atoms with Gasteiger partial charge in [-0.25, -0.2) is 0 Å². The van der Waals surface area contributed by atoms with E-state index >= 15 is 0 Å². The molecule has 1 unspecified atom stereocenters. The summed E-state index contributed by atoms with van der Waals surface area (Å²) >= 11 is 6.18. The molecule has 0 aliphatic carbocycles. The van der Waals surface area contributed by atoms with Crippen molar-refractivity contribution in [2.45, 2.75) is 33.2 Å². The summed E-state index contributed by atoms with van der Waals surface area (Å²) in [7, 11) is 0. The number of para-hydroxylation sites is 1. The Morgan fingerprint density at radius 3 is 2.44 bits per heavy atom. The maximum atomic E-state index is 12.6. The second kappa shape index (κ2) is 10.1. The molecule has 2 aromatic rings. The Morgan fingerprint density at radius 1 is 1.11 bits per heavy atom. The molecule has 0 aliphatic rings. The fourth-order valence-corrected chi connectivity index (χ4v) is 3.01. The number of aryl methyl sites for hydroxylation is 1. The van der Waals surface area contributed by atoms with E-state index in [1.54, 1.807) is 19.1 Å². The lowest BCUT2D eigenvalue weighted by Crippen LogP contribution is -2.46. The third-order valence-electron chi connectivity index (χ3n) is 4.22. The maximum absolute atomic E-state index is 12.6. The molecule has 0 spiro atoms. The first-order chi connectivity index (χ1) is 12.9. The van der Waals surface area contributed by atoms with Gasteiger partial charge < -0.3 is 10.6 Å². The van der Waals surface area contributed by atoms with Crippen LogP contribution in [-0.4, -0.2) is 35.8 Å². The summed E-state index contributed by atoms with van der Waals surface area (Å²) in [5.74, 6) is -0.343. The van der Waals surface area contributed by atoms with Crippen molar-refractivity contribution >= 4 is 34.8 Å². The molecular formula is C21H26ClN3O2. The number of nitrogens with one attached hydrogen (secondary N) is 2. The Balaban J connectivity index is 2.00. The summed E-state index contributed by atoms with van der Waals surface area (Å²) in [5.41, 5.74) is 2.34. The number of carbonyl (C=O) groups excluding carboxylic acids is 2. The number of nitrogens with zero attached hydrogens (tertiary/aromatic N) is 1. The molecule has 6 heteroatoms. The van der Waals surface area contributed by atoms with Crippen molar-refractivity contribution in [2.75, 3.05) is 23.7 Å². The second-order valence-corrected chi connectivity index (χ2v) is 6.94. The van der Waals surface area contributed by atoms with Gasteiger partial charge in [-0.2, -0.15) is 0 Å². The van der Waals surface area contributed by atoms with Gasteiger partial charge in [0.05, 0.1) is 23.3 Å². The van der Waals surface area contributed by atoms with E-state index in [4.69, 9.17) is 11.6 Å². The monoisotopic (exact) mass is 387 g/mol. The molecule has 0 heterocycles. The minimum Gasteiger partial charge on any atom is -0.325 e. The molecule has 2 amide bonds. The van der Waals surface area contributed by atoms with Crippen molar-refractivity contribution in [3.05, 3.63) is 59.1 Å². The zero-order valence-electron chi connectivity index (χ0n) is 16.0. The zero-order chi connectivity index (χ0) is 19.8. The molecule has 0 fully saturated rings. The van der Waals surface area contributed by atoms with E-state index in [-0.39, 0.29) is 18.4 Å². The highest BCUT2D eigenvalue weighted by atomic mass is 35.5. The minimum atomic E-state index is -0.440. The van der Waals surface area contributed by atoms with Crippen LogP contribution < -0.4 is 10.6 Å². The first kappa shape index (κ1) is 20.9. The molecule has 1 atom stereocenters. The minimum absolute atomic E-state index is 0.113. The van der Waals surface area contributed by atoms with E-state index in [9.17, 15) is 9.59 Å². The number of anilines is 2. The lowest BCUT2D eigenvalue weighted by Gasteiger charge is -2.27. The van der Waals surface area contributed by atoms with Gasteiger partial charge in [0.25, 0.3) is 0 Å². The largest absolute Gasteiger partial charge is 0.325 e. The molecule has 144 valence electrons. The molecule has 5 nitrogen and oxygen atoms in total. The number of rotatable bonds is 8. The molecule has 0 radical (unpaired) electrons. The molecule has 0 bridgehead atoms. The standard InChI is InChI=1S/C21H26ClN3O2/c1-4-12-25(16(3)21(27)23-17-8-6-5-7-9-17)14-20(26)24-19-11-10-15(2)13-18(19)22/h5-11,13,16H,4,12,14H2,1-3H3,(H,23,27)(H,24,26). The van der Waals surface area contributed by atoms with Gasteiger partial charge in [0, 0.05) is 5.69 Å². The van der Waals surface area contributed by atoms with Crippen LogP contribution in [0.25, 0.3) is 0 Å². The van der Waals surface area contributed by atoms with Gasteiger partial charge in [0.1, 0.15) is 0 Å². The van der Waals surface area contributed by atoms with Crippen LogP contribution in [0.15, 0.2) is 48.5 Å². The Morgan fingerprint density at radius 2 is 1.81 bits per heavy atom. The highest BCUT2D eigenvalue weighted by Gasteiger charge is 2.23. The summed E-state index contributed by atoms with van der Waals surface area (Å²) < 4.78 is 0. The van der Waals surface area contributed by atoms with E-state index < -0.39 is 6.04 Å². The van der Waals surface area contributed by atoms with Crippen LogP contribution in [0.3, 0.4) is 0 Å². The summed E-state index contributed by atoms with van der Waals surface area (Å²) in [4.78, 5) is 26.9. The summed E-state index contributed by atoms with van der Waals surface area (Å²) in [6.07, 6.45) is 0.835. The summed E-state index contributed by atoms with van der Waals surface area (Å²) in [5, 5.41) is 6.21. The van der Waals surface area contributed by atoms with Gasteiger partial charge in [-0.05, 0) is 56.6 Å². The predicted molar refractivity (Wildman–Crippen MR) is 111 cm³/mol. The van der Waals surface area contributed by atoms with Gasteiger partial charge in [0.15, 0.2) is 0 Å². The van der Waals surface area contributed by atoms with Crippen molar-refractivity contribution in [1.29, 1.82) is 0 Å². The first-order valence-corrected chi connectivity index (χ1v) is 9.44. The molecule has 0 saturated carbocycles. The highest BCUT2D eigenvalue weighted by molar-refractivity contribution is 6.33. The zero-order valence-corrected chi connectivity index (χ0v) is 16.7. The molecule has 27 heavy (non-hydrogen) atoms. The van der Waals surface area contributed by atoms with E-state index in [0.717, 1.165) is 17.7 Å². The molecule has 0 saturated heterocycles. The Bertz CT molecular complexity index is 780. The first-order valence-electron chi connectivity index (χ1n) is 9.06. The third kappa shape index (κ3) is 6.38. The number of amides is 2. The summed E-state index contributed by atoms with van der Waals surface area (Å²) in [6.45, 7) is 6.51. The van der Waals surface area contributed by atoms with E-state index in [2.05, 4.69) is 10.6 Å². The van der Waals surface area contributed by atoms with Gasteiger partial charge in [-0.1, -0.05) is 42.8 Å². The number of benzene rings is 2. The number of halogens is 1. The number of hydrogen-bond donors (Lipinski definition) is 2. The molecule has 2 N–H and O–H groups in total. The van der Waals surface area contributed by atoms with Gasteiger partial charge in [0.2, 0.25) is 11.8 Å². The normalized spacial score (nSPS) is 11.9. The van der Waals surface area contributed by atoms with Crippen molar-refractivity contribution in [3.8, 4) is 0 Å². The quantitative estimate of drug-likeness (QED) is 0.708. The van der Waals surface area contributed by atoms with E-state index in [0.29, 0.717) is 17.3 Å². The molecule has 2 aromatic carbocycles. The van der Waals surface area contributed by atoms with Crippen LogP contribution in [-0.2, 0) is 9.59 Å². The van der Waals surface area contributed by atoms with Crippen LogP contribution in [0.4, 0.5) is 11.4 Å². The van der Waals surface area contributed by atoms with Crippen LogP contribution in [0.2, 0.25) is 5.02 Å². The van der Waals surface area contributed by atoms with Crippen LogP contribution in [0.1, 0.15) is 25.8 Å². The fraction of sp³-hybridized carbons (Fsp3) is 0.333. The second-order valence-electron chi connectivity index (χ2n) is 6.53. The number of carbonyl (C=O) groups is 2. The molecular weight excluding hydrogens is 362 g/mol. The Labute approximate surface area is 165 Å². The van der Waals surface area contributed by atoms with Crippen molar-refractivity contribution in [3.63, 3.8) is 0 Å². The average molecular weight is 388 g/mol. The van der Waals surface area contributed by atoms with E-state index in [1.807, 2.05) is 55.1 Å². The van der Waals surface area contributed by atoms with Crippen LogP contribution >= 0.6 is 11.6 Å². The van der Waals surface area contributed by atoms with Crippen molar-refractivity contribution in [2.24, 2.45) is 0 Å². The molecule has 0 aromatic heterocycles. The number of hydrogen-bond acceptors (Lipinski definition) is 3. The van der Waals surface area contributed by atoms with Gasteiger partial charge in [-0.15, -0.1) is 0 Å². The van der Waals surface area contributed by atoms with Crippen LogP contribution in [0, 0.1) is 6.92 Å². The van der Waals surface area contributed by atoms with Gasteiger partial charge >= 0.3 is 0 Å². The predicted octanol–water partition coefficient (Wildman–Crippen LogP) is 4.33. The van der Waals surface area contributed by atoms with Crippen molar-refractivity contribution in [1.82, 2.24) is 4.90 Å². The molecule has 0 aliphatic heterocycles. The van der Waals surface area contributed by atoms with Crippen LogP contribution in [0.5, 0.6) is 0 Å². The lowest BCUT2D eigenvalue weighted by atomic mass is 10.2. The Hall–Kier alpha value is -2.37. The smallest absolute Gasteiger partial charge is 0.241 e. The fourth-order valence-electron chi connectivity index (χ4n) is 2.73. The summed E-state index contributed by atoms with van der Waals surface area (Å²) in [6, 6.07) is 14.3. The Kier molecular flexibility index (Phi) is 7.82. The van der Waals surface area contributed by atoms with Crippen molar-refractivity contribution < 1.29 is 9.59 Å². The average Bonchev–Trinajstić information content (AvgIpc) is 2.64. The third-order valence-corrected chi connectivity index (χ3v) is 4.54. The highest BCUT2D eigenvalue weighted by Crippen LogP contribution is 2.22. The maximum Gasteiger partial charge on any atom is 0.241 e. The molecule has 2 rings (SSSR count). The SMILES string of the molecule is CCCN(CC(=O)Nc1ccc(C)cc1Cl)C(C)C(=O)Nc1ccccc1.